The van der Waals surface area contributed by atoms with Gasteiger partial charge in [-0.25, -0.2) is 9.59 Å². The minimum atomic E-state index is -0.617. The van der Waals surface area contributed by atoms with Gasteiger partial charge in [0.15, 0.2) is 5.65 Å². The van der Waals surface area contributed by atoms with E-state index in [1.807, 2.05) is 0 Å². The van der Waals surface area contributed by atoms with Gasteiger partial charge in [0.2, 0.25) is 0 Å². The number of hydrogen-bond donors (Lipinski definition) is 1. The average molecular weight is 363 g/mol. The van der Waals surface area contributed by atoms with Crippen molar-refractivity contribution < 1.29 is 0 Å². The Morgan fingerprint density at radius 3 is 2.32 bits per heavy atom. The molecule has 0 atom stereocenters. The molecule has 0 unspecified atom stereocenters. The first-order valence-corrected chi connectivity index (χ1v) is 7.15. The van der Waals surface area contributed by atoms with Crippen LogP contribution in [-0.4, -0.2) is 19.1 Å². The normalized spacial score (nSPS) is 11.0. The van der Waals surface area contributed by atoms with Crippen LogP contribution >= 0.6 is 15.9 Å². The molecule has 1 N–H and O–H groups in total. The van der Waals surface area contributed by atoms with E-state index in [1.165, 1.54) is 18.7 Å². The van der Waals surface area contributed by atoms with Crippen LogP contribution in [0, 0.1) is 0 Å². The van der Waals surface area contributed by atoms with Crippen LogP contribution in [0.2, 0.25) is 0 Å². The van der Waals surface area contributed by atoms with E-state index in [-0.39, 0.29) is 11.0 Å². The summed E-state index contributed by atoms with van der Waals surface area (Å²) >= 11 is 3.33. The number of nitrogens with zero attached hydrogens (tertiary/aromatic N) is 3. The predicted octanol–water partition coefficient (Wildman–Crippen LogP) is 0.750. The Morgan fingerprint density at radius 1 is 1.05 bits per heavy atom. The van der Waals surface area contributed by atoms with E-state index in [0.29, 0.717) is 11.3 Å². The molecular weight excluding hydrogens is 352 g/mol. The number of halogens is 1. The average Bonchev–Trinajstić information content (AvgIpc) is 2.50. The molecule has 3 rings (SSSR count). The molecule has 2 heterocycles. The summed E-state index contributed by atoms with van der Waals surface area (Å²) in [4.78, 5) is 42.6. The van der Waals surface area contributed by atoms with Gasteiger partial charge in [-0.3, -0.25) is 13.9 Å². The highest BCUT2D eigenvalue weighted by Gasteiger charge is 2.16. The van der Waals surface area contributed by atoms with Gasteiger partial charge in [0.05, 0.1) is 5.69 Å². The molecule has 0 radical (unpaired) electrons. The van der Waals surface area contributed by atoms with Gasteiger partial charge in [-0.15, -0.1) is 0 Å². The van der Waals surface area contributed by atoms with Crippen LogP contribution in [0.25, 0.3) is 22.3 Å². The Balaban J connectivity index is 2.56. The number of aromatic nitrogens is 4. The van der Waals surface area contributed by atoms with Gasteiger partial charge in [-0.2, -0.15) is 4.98 Å². The van der Waals surface area contributed by atoms with Crippen LogP contribution in [0.15, 0.2) is 43.1 Å². The van der Waals surface area contributed by atoms with Crippen LogP contribution in [0.4, 0.5) is 0 Å². The molecule has 0 spiro atoms. The van der Waals surface area contributed by atoms with Crippen molar-refractivity contribution in [2.75, 3.05) is 0 Å². The van der Waals surface area contributed by atoms with E-state index >= 15 is 0 Å². The maximum atomic E-state index is 12.5. The Hall–Kier alpha value is -2.48. The Bertz CT molecular complexity index is 1060. The summed E-state index contributed by atoms with van der Waals surface area (Å²) in [5.74, 6) is 0. The van der Waals surface area contributed by atoms with Crippen LogP contribution < -0.4 is 16.9 Å². The third-order valence-electron chi connectivity index (χ3n) is 3.46. The molecule has 8 heteroatoms. The van der Waals surface area contributed by atoms with E-state index in [1.54, 1.807) is 24.3 Å². The Morgan fingerprint density at radius 2 is 1.68 bits per heavy atom. The molecule has 0 aliphatic heterocycles. The molecule has 1 aromatic carbocycles. The van der Waals surface area contributed by atoms with Gasteiger partial charge in [-0.1, -0.05) is 28.1 Å². The topological polar surface area (TPSA) is 89.8 Å². The van der Waals surface area contributed by atoms with E-state index < -0.39 is 16.9 Å². The minimum Gasteiger partial charge on any atom is -0.304 e. The van der Waals surface area contributed by atoms with Gasteiger partial charge in [0.1, 0.15) is 5.39 Å². The van der Waals surface area contributed by atoms with Crippen molar-refractivity contribution in [1.29, 1.82) is 0 Å². The zero-order valence-electron chi connectivity index (χ0n) is 11.8. The lowest BCUT2D eigenvalue weighted by Crippen LogP contribution is -2.38. The van der Waals surface area contributed by atoms with Crippen molar-refractivity contribution in [2.24, 2.45) is 14.1 Å². The molecule has 0 bridgehead atoms. The van der Waals surface area contributed by atoms with E-state index in [4.69, 9.17) is 0 Å². The fraction of sp³-hybridized carbons (Fsp3) is 0.143. The molecule has 0 saturated heterocycles. The highest BCUT2D eigenvalue weighted by molar-refractivity contribution is 9.10. The summed E-state index contributed by atoms with van der Waals surface area (Å²) in [6.45, 7) is 0. The summed E-state index contributed by atoms with van der Waals surface area (Å²) in [7, 11) is 2.86. The quantitative estimate of drug-likeness (QED) is 0.691. The standard InChI is InChI=1S/C14H11BrN4O3/c1-18-11-9(12(20)19(2)14(18)22)10(16-13(21)17-11)7-3-5-8(15)6-4-7/h3-6H,1-2H3,(H,16,17,21). The minimum absolute atomic E-state index is 0.0646. The number of fused-ring (bicyclic) bond motifs is 1. The molecule has 2 aromatic heterocycles. The van der Waals surface area contributed by atoms with Gasteiger partial charge in [0, 0.05) is 18.6 Å². The van der Waals surface area contributed by atoms with Gasteiger partial charge < -0.3 is 4.98 Å². The second kappa shape index (κ2) is 5.06. The maximum Gasteiger partial charge on any atom is 0.347 e. The number of aryl methyl sites for hydroxylation is 1. The lowest BCUT2D eigenvalue weighted by atomic mass is 10.1. The highest BCUT2D eigenvalue weighted by Crippen LogP contribution is 2.22. The Labute approximate surface area is 132 Å². The van der Waals surface area contributed by atoms with Gasteiger partial charge >= 0.3 is 11.4 Å². The van der Waals surface area contributed by atoms with Gasteiger partial charge in [-0.05, 0) is 17.7 Å². The zero-order chi connectivity index (χ0) is 16.0. The lowest BCUT2D eigenvalue weighted by Gasteiger charge is -2.10. The molecule has 0 amide bonds. The third kappa shape index (κ3) is 2.12. The van der Waals surface area contributed by atoms with E-state index in [9.17, 15) is 14.4 Å². The SMILES string of the molecule is Cn1c(=O)c2c(-c3ccc(Br)cc3)[nH]c(=O)nc2n(C)c1=O. The second-order valence-electron chi connectivity index (χ2n) is 4.83. The molecule has 112 valence electrons. The van der Waals surface area contributed by atoms with Crippen molar-refractivity contribution in [3.63, 3.8) is 0 Å². The van der Waals surface area contributed by atoms with Crippen molar-refractivity contribution in [2.45, 2.75) is 0 Å². The molecule has 0 aliphatic rings. The largest absolute Gasteiger partial charge is 0.347 e. The molecular formula is C14H11BrN4O3. The molecule has 0 aliphatic carbocycles. The molecule has 3 aromatic rings. The van der Waals surface area contributed by atoms with E-state index in [2.05, 4.69) is 25.9 Å². The first-order valence-electron chi connectivity index (χ1n) is 6.36. The summed E-state index contributed by atoms with van der Waals surface area (Å²) in [6.07, 6.45) is 0. The number of nitrogens with one attached hydrogen (secondary N) is 1. The van der Waals surface area contributed by atoms with Crippen molar-refractivity contribution >= 4 is 27.0 Å². The molecule has 0 saturated carbocycles. The van der Waals surface area contributed by atoms with Crippen LogP contribution in [0.5, 0.6) is 0 Å². The van der Waals surface area contributed by atoms with Gasteiger partial charge in [0.25, 0.3) is 5.56 Å². The van der Waals surface area contributed by atoms with Crippen molar-refractivity contribution in [3.05, 3.63) is 60.1 Å². The summed E-state index contributed by atoms with van der Waals surface area (Å²) in [6, 6.07) is 7.12. The number of benzene rings is 1. The maximum absolute atomic E-state index is 12.5. The summed E-state index contributed by atoms with van der Waals surface area (Å²) < 4.78 is 3.05. The first kappa shape index (κ1) is 14.5. The van der Waals surface area contributed by atoms with Crippen LogP contribution in [0.1, 0.15) is 0 Å². The monoisotopic (exact) mass is 362 g/mol. The summed E-state index contributed by atoms with van der Waals surface area (Å²) in [5.41, 5.74) is -0.581. The molecule has 7 nitrogen and oxygen atoms in total. The number of aromatic amines is 1. The molecule has 22 heavy (non-hydrogen) atoms. The number of H-pyrrole nitrogens is 1. The smallest absolute Gasteiger partial charge is 0.304 e. The summed E-state index contributed by atoms with van der Waals surface area (Å²) in [5, 5.41) is 0.200. The number of rotatable bonds is 1. The van der Waals surface area contributed by atoms with Crippen molar-refractivity contribution in [1.82, 2.24) is 19.1 Å². The second-order valence-corrected chi connectivity index (χ2v) is 5.74. The lowest BCUT2D eigenvalue weighted by molar-refractivity contribution is 0.705. The van der Waals surface area contributed by atoms with Crippen LogP contribution in [-0.2, 0) is 14.1 Å². The first-order chi connectivity index (χ1) is 10.4. The van der Waals surface area contributed by atoms with E-state index in [0.717, 1.165) is 9.04 Å². The fourth-order valence-electron chi connectivity index (χ4n) is 2.31. The number of hydrogen-bond acceptors (Lipinski definition) is 4. The highest BCUT2D eigenvalue weighted by atomic mass is 79.9. The van der Waals surface area contributed by atoms with Crippen molar-refractivity contribution in [3.8, 4) is 11.3 Å². The predicted molar refractivity (Wildman–Crippen MR) is 86.0 cm³/mol. The third-order valence-corrected chi connectivity index (χ3v) is 3.98. The fourth-order valence-corrected chi connectivity index (χ4v) is 2.57. The zero-order valence-corrected chi connectivity index (χ0v) is 13.3. The molecule has 0 fully saturated rings. The Kier molecular flexibility index (Phi) is 3.32. The van der Waals surface area contributed by atoms with Crippen LogP contribution in [0.3, 0.4) is 0 Å².